The zero-order valence-corrected chi connectivity index (χ0v) is 14.6. The molecule has 128 valence electrons. The highest BCUT2D eigenvalue weighted by atomic mass is 16.1. The Morgan fingerprint density at radius 3 is 2.79 bits per heavy atom. The van der Waals surface area contributed by atoms with Crippen molar-refractivity contribution in [2.24, 2.45) is 5.92 Å². The van der Waals surface area contributed by atoms with E-state index in [0.717, 1.165) is 49.6 Å². The highest BCUT2D eigenvalue weighted by Crippen LogP contribution is 2.17. The molecule has 0 bridgehead atoms. The quantitative estimate of drug-likeness (QED) is 0.858. The second-order valence-corrected chi connectivity index (χ2v) is 6.76. The van der Waals surface area contributed by atoms with Gasteiger partial charge in [0.1, 0.15) is 0 Å². The molecule has 0 radical (unpaired) electrons. The van der Waals surface area contributed by atoms with Crippen LogP contribution in [0.1, 0.15) is 40.2 Å². The minimum Gasteiger partial charge on any atom is -0.352 e. The molecule has 4 nitrogen and oxygen atoms in total. The summed E-state index contributed by atoms with van der Waals surface area (Å²) >= 11 is 0. The molecular formula is C20H27N3O. The minimum absolute atomic E-state index is 0.0494. The maximum atomic E-state index is 12.5. The molecule has 1 aromatic carbocycles. The van der Waals surface area contributed by atoms with Gasteiger partial charge in [0, 0.05) is 24.5 Å². The van der Waals surface area contributed by atoms with Crippen molar-refractivity contribution in [3.8, 4) is 0 Å². The molecule has 1 fully saturated rings. The monoisotopic (exact) mass is 325 g/mol. The van der Waals surface area contributed by atoms with E-state index in [1.807, 2.05) is 19.1 Å². The van der Waals surface area contributed by atoms with Crippen molar-refractivity contribution < 1.29 is 4.79 Å². The summed E-state index contributed by atoms with van der Waals surface area (Å²) in [6.45, 7) is 7.86. The highest BCUT2D eigenvalue weighted by molar-refractivity contribution is 5.95. The van der Waals surface area contributed by atoms with Gasteiger partial charge in [-0.15, -0.1) is 0 Å². The molecule has 0 spiro atoms. The Labute approximate surface area is 144 Å². The summed E-state index contributed by atoms with van der Waals surface area (Å²) in [7, 11) is 0. The molecule has 1 aliphatic heterocycles. The summed E-state index contributed by atoms with van der Waals surface area (Å²) in [5.74, 6) is 0.754. The summed E-state index contributed by atoms with van der Waals surface area (Å²) in [4.78, 5) is 12.5. The lowest BCUT2D eigenvalue weighted by Gasteiger charge is -2.11. The fourth-order valence-electron chi connectivity index (χ4n) is 3.49. The number of nitrogens with one attached hydrogen (secondary N) is 2. The topological polar surface area (TPSA) is 46.1 Å². The molecule has 2 heterocycles. The lowest BCUT2D eigenvalue weighted by atomic mass is 10.1. The van der Waals surface area contributed by atoms with Crippen LogP contribution in [-0.2, 0) is 6.54 Å². The Kier molecular flexibility index (Phi) is 5.36. The molecule has 24 heavy (non-hydrogen) atoms. The maximum absolute atomic E-state index is 12.5. The molecule has 1 saturated heterocycles. The van der Waals surface area contributed by atoms with Crippen LogP contribution in [-0.4, -0.2) is 30.1 Å². The van der Waals surface area contributed by atoms with Crippen molar-refractivity contribution in [1.29, 1.82) is 0 Å². The molecule has 2 aromatic rings. The standard InChI is InChI=1S/C20H27N3O/c1-15-12-19(20(24)22-11-9-17-8-10-21-13-17)16(2)23(15)14-18-6-4-3-5-7-18/h3-7,12,17,21H,8-11,13-14H2,1-2H3,(H,22,24). The van der Waals surface area contributed by atoms with E-state index in [4.69, 9.17) is 0 Å². The van der Waals surface area contributed by atoms with E-state index in [-0.39, 0.29) is 5.91 Å². The molecule has 4 heteroatoms. The van der Waals surface area contributed by atoms with E-state index in [9.17, 15) is 4.79 Å². The van der Waals surface area contributed by atoms with Crippen LogP contribution in [0, 0.1) is 19.8 Å². The van der Waals surface area contributed by atoms with Gasteiger partial charge in [-0.2, -0.15) is 0 Å². The summed E-state index contributed by atoms with van der Waals surface area (Å²) in [6.07, 6.45) is 2.28. The molecule has 0 saturated carbocycles. The van der Waals surface area contributed by atoms with Crippen LogP contribution >= 0.6 is 0 Å². The smallest absolute Gasteiger partial charge is 0.253 e. The van der Waals surface area contributed by atoms with Crippen LogP contribution in [0.5, 0.6) is 0 Å². The lowest BCUT2D eigenvalue weighted by molar-refractivity contribution is 0.0951. The predicted molar refractivity (Wildman–Crippen MR) is 97.4 cm³/mol. The Morgan fingerprint density at radius 1 is 1.29 bits per heavy atom. The second-order valence-electron chi connectivity index (χ2n) is 6.76. The molecule has 1 unspecified atom stereocenters. The van der Waals surface area contributed by atoms with Gasteiger partial charge < -0.3 is 15.2 Å². The fraction of sp³-hybridized carbons (Fsp3) is 0.450. The van der Waals surface area contributed by atoms with Crippen LogP contribution < -0.4 is 10.6 Å². The van der Waals surface area contributed by atoms with Gasteiger partial charge in [-0.25, -0.2) is 0 Å². The summed E-state index contributed by atoms with van der Waals surface area (Å²) in [5, 5.41) is 6.46. The SMILES string of the molecule is Cc1cc(C(=O)NCCC2CCNC2)c(C)n1Cc1ccccc1. The third-order valence-electron chi connectivity index (χ3n) is 5.00. The Bertz CT molecular complexity index is 684. The zero-order chi connectivity index (χ0) is 16.9. The first kappa shape index (κ1) is 16.8. The van der Waals surface area contributed by atoms with Crippen LogP contribution in [0.3, 0.4) is 0 Å². The average Bonchev–Trinajstić information content (AvgIpc) is 3.19. The zero-order valence-electron chi connectivity index (χ0n) is 14.6. The number of rotatable bonds is 6. The summed E-state index contributed by atoms with van der Waals surface area (Å²) < 4.78 is 2.21. The van der Waals surface area contributed by atoms with Crippen molar-refractivity contribution in [2.45, 2.75) is 33.2 Å². The van der Waals surface area contributed by atoms with Gasteiger partial charge in [-0.3, -0.25) is 4.79 Å². The number of aromatic nitrogens is 1. The average molecular weight is 325 g/mol. The fourth-order valence-corrected chi connectivity index (χ4v) is 3.49. The normalized spacial score (nSPS) is 17.2. The number of aryl methyl sites for hydroxylation is 1. The van der Waals surface area contributed by atoms with Crippen LogP contribution in [0.25, 0.3) is 0 Å². The minimum atomic E-state index is 0.0494. The summed E-state index contributed by atoms with van der Waals surface area (Å²) in [6, 6.07) is 12.4. The molecule has 2 N–H and O–H groups in total. The predicted octanol–water partition coefficient (Wildman–Crippen LogP) is 2.88. The Balaban J connectivity index is 1.63. The molecule has 1 aliphatic rings. The van der Waals surface area contributed by atoms with Crippen molar-refractivity contribution in [3.05, 3.63) is 58.9 Å². The Morgan fingerprint density at radius 2 is 2.08 bits per heavy atom. The van der Waals surface area contributed by atoms with Crippen LogP contribution in [0.4, 0.5) is 0 Å². The number of nitrogens with zero attached hydrogens (tertiary/aromatic N) is 1. The molecule has 1 amide bonds. The molecule has 1 atom stereocenters. The van der Waals surface area contributed by atoms with Crippen molar-refractivity contribution in [2.75, 3.05) is 19.6 Å². The molecule has 0 aliphatic carbocycles. The van der Waals surface area contributed by atoms with Gasteiger partial charge in [0.2, 0.25) is 0 Å². The number of hydrogen-bond donors (Lipinski definition) is 2. The van der Waals surface area contributed by atoms with Gasteiger partial charge in [-0.05, 0) is 57.3 Å². The molecule has 1 aromatic heterocycles. The number of carbonyl (C=O) groups is 1. The number of amides is 1. The second kappa shape index (κ2) is 7.67. The number of carbonyl (C=O) groups excluding carboxylic acids is 1. The molecule has 3 rings (SSSR count). The first-order chi connectivity index (χ1) is 11.6. The first-order valence-electron chi connectivity index (χ1n) is 8.84. The van der Waals surface area contributed by atoms with Crippen molar-refractivity contribution in [3.63, 3.8) is 0 Å². The first-order valence-corrected chi connectivity index (χ1v) is 8.84. The van der Waals surface area contributed by atoms with Gasteiger partial charge >= 0.3 is 0 Å². The van der Waals surface area contributed by atoms with Crippen LogP contribution in [0.15, 0.2) is 36.4 Å². The third kappa shape index (κ3) is 3.88. The van der Waals surface area contributed by atoms with Gasteiger partial charge in [-0.1, -0.05) is 30.3 Å². The number of hydrogen-bond acceptors (Lipinski definition) is 2. The lowest BCUT2D eigenvalue weighted by Crippen LogP contribution is -2.26. The van der Waals surface area contributed by atoms with Gasteiger partial charge in [0.15, 0.2) is 0 Å². The van der Waals surface area contributed by atoms with Gasteiger partial charge in [0.25, 0.3) is 5.91 Å². The largest absolute Gasteiger partial charge is 0.352 e. The summed E-state index contributed by atoms with van der Waals surface area (Å²) in [5.41, 5.74) is 4.21. The van der Waals surface area contributed by atoms with Gasteiger partial charge in [0.05, 0.1) is 5.56 Å². The van der Waals surface area contributed by atoms with Crippen LogP contribution in [0.2, 0.25) is 0 Å². The maximum Gasteiger partial charge on any atom is 0.253 e. The third-order valence-corrected chi connectivity index (χ3v) is 5.00. The van der Waals surface area contributed by atoms with Crippen molar-refractivity contribution in [1.82, 2.24) is 15.2 Å². The van der Waals surface area contributed by atoms with E-state index < -0.39 is 0 Å². The highest BCUT2D eigenvalue weighted by Gasteiger charge is 2.17. The van der Waals surface area contributed by atoms with E-state index in [1.54, 1.807) is 0 Å². The Hall–Kier alpha value is -2.07. The number of benzene rings is 1. The van der Waals surface area contributed by atoms with E-state index >= 15 is 0 Å². The van der Waals surface area contributed by atoms with E-state index in [2.05, 4.69) is 46.4 Å². The van der Waals surface area contributed by atoms with E-state index in [1.165, 1.54) is 12.0 Å². The van der Waals surface area contributed by atoms with E-state index in [0.29, 0.717) is 5.92 Å². The van der Waals surface area contributed by atoms with Crippen molar-refractivity contribution >= 4 is 5.91 Å². The molecular weight excluding hydrogens is 298 g/mol.